The molecule has 1 aromatic rings. The molecule has 25 heavy (non-hydrogen) atoms. The molecule has 0 saturated carbocycles. The number of hydrogen-bond acceptors (Lipinski definition) is 5. The van der Waals surface area contributed by atoms with E-state index in [1.165, 1.54) is 24.0 Å². The minimum absolute atomic E-state index is 0.136. The molecule has 0 aromatic heterocycles. The first kappa shape index (κ1) is 18.5. The van der Waals surface area contributed by atoms with Crippen molar-refractivity contribution in [2.45, 2.75) is 12.5 Å². The minimum atomic E-state index is -1.05. The highest BCUT2D eigenvalue weighted by Gasteiger charge is 2.32. The molecule has 0 spiro atoms. The summed E-state index contributed by atoms with van der Waals surface area (Å²) in [5.74, 6) is 1.67. The van der Waals surface area contributed by atoms with E-state index in [-0.39, 0.29) is 26.2 Å². The Hall–Kier alpha value is -2.84. The van der Waals surface area contributed by atoms with Gasteiger partial charge >= 0.3 is 12.2 Å². The fourth-order valence-electron chi connectivity index (χ4n) is 2.75. The van der Waals surface area contributed by atoms with E-state index in [9.17, 15) is 14.7 Å². The Bertz CT molecular complexity index is 623. The van der Waals surface area contributed by atoms with Gasteiger partial charge in [0.05, 0.1) is 26.9 Å². The molecule has 2 N–H and O–H groups in total. The third-order valence-corrected chi connectivity index (χ3v) is 4.07. The summed E-state index contributed by atoms with van der Waals surface area (Å²) in [4.78, 5) is 24.9. The molecule has 1 atom stereocenters. The largest absolute Gasteiger partial charge is 0.493 e. The zero-order chi connectivity index (χ0) is 18.4. The normalized spacial score (nSPS) is 17.1. The van der Waals surface area contributed by atoms with Gasteiger partial charge in [0, 0.05) is 32.1 Å². The second-order valence-corrected chi connectivity index (χ2v) is 5.51. The van der Waals surface area contributed by atoms with Crippen LogP contribution < -0.4 is 14.2 Å². The first-order chi connectivity index (χ1) is 12.0. The van der Waals surface area contributed by atoms with Crippen molar-refractivity contribution in [2.75, 3.05) is 40.5 Å². The van der Waals surface area contributed by atoms with Crippen molar-refractivity contribution in [3.05, 3.63) is 18.2 Å². The summed E-state index contributed by atoms with van der Waals surface area (Å²) < 4.78 is 16.0. The van der Waals surface area contributed by atoms with Gasteiger partial charge in [-0.3, -0.25) is 0 Å². The predicted molar refractivity (Wildman–Crippen MR) is 87.8 cm³/mol. The fraction of sp³-hybridized carbons (Fsp3) is 0.500. The van der Waals surface area contributed by atoms with Gasteiger partial charge in [0.1, 0.15) is 5.75 Å². The lowest BCUT2D eigenvalue weighted by Gasteiger charge is -2.38. The van der Waals surface area contributed by atoms with Gasteiger partial charge in [-0.15, -0.1) is 0 Å². The second kappa shape index (κ2) is 8.32. The number of carbonyl (C=O) groups is 2. The van der Waals surface area contributed by atoms with E-state index >= 15 is 0 Å². The van der Waals surface area contributed by atoms with Crippen molar-refractivity contribution in [3.8, 4) is 17.2 Å². The van der Waals surface area contributed by atoms with E-state index in [2.05, 4.69) is 0 Å². The predicted octanol–water partition coefficient (Wildman–Crippen LogP) is 1.81. The highest BCUT2D eigenvalue weighted by Crippen LogP contribution is 2.31. The molecule has 1 aliphatic rings. The number of carboxylic acid groups (broad SMARTS) is 2. The van der Waals surface area contributed by atoms with E-state index < -0.39 is 18.2 Å². The van der Waals surface area contributed by atoms with Gasteiger partial charge in [0.15, 0.2) is 11.5 Å². The number of rotatable bonds is 6. The molecule has 138 valence electrons. The van der Waals surface area contributed by atoms with E-state index in [4.69, 9.17) is 19.3 Å². The molecule has 0 radical (unpaired) electrons. The lowest BCUT2D eigenvalue weighted by atomic mass is 10.1. The van der Waals surface area contributed by atoms with Crippen LogP contribution in [-0.2, 0) is 0 Å². The van der Waals surface area contributed by atoms with Crippen LogP contribution in [0.1, 0.15) is 6.42 Å². The van der Waals surface area contributed by atoms with E-state index in [0.717, 1.165) is 0 Å². The topological polar surface area (TPSA) is 109 Å². The SMILES string of the molecule is COc1ccc(OCC[C@@H]2CN(C(=O)O)CCN2C(=O)O)cc1OC. The number of amides is 2. The van der Waals surface area contributed by atoms with Crippen LogP contribution in [0.2, 0.25) is 0 Å². The molecule has 0 bridgehead atoms. The summed E-state index contributed by atoms with van der Waals surface area (Å²) in [6, 6.07) is 4.67. The van der Waals surface area contributed by atoms with Crippen molar-refractivity contribution in [1.29, 1.82) is 0 Å². The number of piperazine rings is 1. The molecule has 2 amide bonds. The summed E-state index contributed by atoms with van der Waals surface area (Å²) >= 11 is 0. The molecule has 0 aliphatic carbocycles. The minimum Gasteiger partial charge on any atom is -0.493 e. The molecular formula is C16H22N2O7. The zero-order valence-electron chi connectivity index (χ0n) is 14.2. The first-order valence-electron chi connectivity index (χ1n) is 7.78. The monoisotopic (exact) mass is 354 g/mol. The third-order valence-electron chi connectivity index (χ3n) is 4.07. The molecule has 1 fully saturated rings. The third kappa shape index (κ3) is 4.59. The number of nitrogens with zero attached hydrogens (tertiary/aromatic N) is 2. The molecule has 1 saturated heterocycles. The zero-order valence-corrected chi connectivity index (χ0v) is 14.2. The average molecular weight is 354 g/mol. The van der Waals surface area contributed by atoms with Crippen molar-refractivity contribution < 1.29 is 34.0 Å². The Morgan fingerprint density at radius 3 is 2.44 bits per heavy atom. The maximum Gasteiger partial charge on any atom is 0.407 e. The van der Waals surface area contributed by atoms with Crippen molar-refractivity contribution in [1.82, 2.24) is 9.80 Å². The highest BCUT2D eigenvalue weighted by molar-refractivity contribution is 5.68. The maximum absolute atomic E-state index is 11.3. The van der Waals surface area contributed by atoms with Crippen LogP contribution in [-0.4, -0.2) is 78.7 Å². The summed E-state index contributed by atoms with van der Waals surface area (Å²) in [5, 5.41) is 18.4. The van der Waals surface area contributed by atoms with Crippen LogP contribution in [0.15, 0.2) is 18.2 Å². The van der Waals surface area contributed by atoms with Gasteiger partial charge in [-0.25, -0.2) is 9.59 Å². The number of benzene rings is 1. The Kier molecular flexibility index (Phi) is 6.15. The van der Waals surface area contributed by atoms with Gasteiger partial charge in [0.2, 0.25) is 0 Å². The van der Waals surface area contributed by atoms with Crippen LogP contribution in [0.3, 0.4) is 0 Å². The second-order valence-electron chi connectivity index (χ2n) is 5.51. The molecule has 9 nitrogen and oxygen atoms in total. The molecular weight excluding hydrogens is 332 g/mol. The molecule has 1 aliphatic heterocycles. The van der Waals surface area contributed by atoms with Gasteiger partial charge in [-0.05, 0) is 12.1 Å². The lowest BCUT2D eigenvalue weighted by molar-refractivity contribution is 0.0562. The number of methoxy groups -OCH3 is 2. The fourth-order valence-corrected chi connectivity index (χ4v) is 2.75. The van der Waals surface area contributed by atoms with Crippen LogP contribution in [0.25, 0.3) is 0 Å². The highest BCUT2D eigenvalue weighted by atomic mass is 16.5. The molecule has 1 heterocycles. The van der Waals surface area contributed by atoms with E-state index in [1.54, 1.807) is 18.2 Å². The van der Waals surface area contributed by atoms with Crippen LogP contribution in [0.5, 0.6) is 17.2 Å². The van der Waals surface area contributed by atoms with E-state index in [0.29, 0.717) is 23.7 Å². The Balaban J connectivity index is 1.96. The Labute approximate surface area is 145 Å². The van der Waals surface area contributed by atoms with Gasteiger partial charge in [0.25, 0.3) is 0 Å². The van der Waals surface area contributed by atoms with E-state index in [1.807, 2.05) is 0 Å². The van der Waals surface area contributed by atoms with Crippen molar-refractivity contribution >= 4 is 12.2 Å². The quantitative estimate of drug-likeness (QED) is 0.802. The first-order valence-corrected chi connectivity index (χ1v) is 7.78. The lowest BCUT2D eigenvalue weighted by Crippen LogP contribution is -2.56. The molecule has 9 heteroatoms. The van der Waals surface area contributed by atoms with Crippen LogP contribution in [0.4, 0.5) is 9.59 Å². The number of ether oxygens (including phenoxy) is 3. The maximum atomic E-state index is 11.3. The molecule has 0 unspecified atom stereocenters. The van der Waals surface area contributed by atoms with Gasteiger partial charge in [-0.1, -0.05) is 0 Å². The Morgan fingerprint density at radius 2 is 1.84 bits per heavy atom. The molecule has 1 aromatic carbocycles. The summed E-state index contributed by atoms with van der Waals surface area (Å²) in [5.41, 5.74) is 0. The standard InChI is InChI=1S/C16H22N2O7/c1-23-13-4-3-12(9-14(13)24-2)25-8-5-11-10-17(15(19)20)6-7-18(11)16(21)22/h3-4,9,11H,5-8,10H2,1-2H3,(H,19,20)(H,21,22)/t11-/m1/s1. The smallest absolute Gasteiger partial charge is 0.407 e. The van der Waals surface area contributed by atoms with Crippen molar-refractivity contribution in [3.63, 3.8) is 0 Å². The summed E-state index contributed by atoms with van der Waals surface area (Å²) in [6.07, 6.45) is -1.72. The van der Waals surface area contributed by atoms with Crippen molar-refractivity contribution in [2.24, 2.45) is 0 Å². The van der Waals surface area contributed by atoms with Crippen LogP contribution >= 0.6 is 0 Å². The van der Waals surface area contributed by atoms with Crippen LogP contribution in [0, 0.1) is 0 Å². The molecule has 2 rings (SSSR count). The number of hydrogen-bond donors (Lipinski definition) is 2. The van der Waals surface area contributed by atoms with Gasteiger partial charge in [-0.2, -0.15) is 0 Å². The van der Waals surface area contributed by atoms with Gasteiger partial charge < -0.3 is 34.2 Å². The Morgan fingerprint density at radius 1 is 1.12 bits per heavy atom. The summed E-state index contributed by atoms with van der Waals surface area (Å²) in [6.45, 7) is 0.714. The average Bonchev–Trinajstić information content (AvgIpc) is 2.61. The summed E-state index contributed by atoms with van der Waals surface area (Å²) in [7, 11) is 3.06.